The summed E-state index contributed by atoms with van der Waals surface area (Å²) >= 11 is 3.34. The fraction of sp³-hybridized carbons (Fsp3) is 0.548. The second kappa shape index (κ2) is 14.9. The number of aromatic nitrogens is 1. The summed E-state index contributed by atoms with van der Waals surface area (Å²) in [6.45, 7) is 7.16. The van der Waals surface area contributed by atoms with Crippen LogP contribution in [0.1, 0.15) is 41.0 Å². The van der Waals surface area contributed by atoms with Crippen LogP contribution in [0, 0.1) is 10.1 Å². The molecule has 3 saturated heterocycles. The van der Waals surface area contributed by atoms with Gasteiger partial charge in [0.15, 0.2) is 0 Å². The molecule has 5 rings (SSSR count). The first kappa shape index (κ1) is 34.5. The molecule has 0 unspecified atom stereocenters. The number of pyridine rings is 1. The number of halogens is 1. The van der Waals surface area contributed by atoms with Crippen LogP contribution in [-0.2, 0) is 14.3 Å². The highest BCUT2D eigenvalue weighted by molar-refractivity contribution is 9.10. The van der Waals surface area contributed by atoms with E-state index in [-0.39, 0.29) is 60.0 Å². The lowest BCUT2D eigenvalue weighted by Gasteiger charge is -2.40. The van der Waals surface area contributed by atoms with Crippen molar-refractivity contribution >= 4 is 50.7 Å². The van der Waals surface area contributed by atoms with Gasteiger partial charge in [-0.2, -0.15) is 0 Å². The third kappa shape index (κ3) is 8.00. The van der Waals surface area contributed by atoms with Gasteiger partial charge in [0.1, 0.15) is 11.7 Å². The average molecular weight is 718 g/mol. The number of nitrogens with one attached hydrogen (secondary N) is 3. The summed E-state index contributed by atoms with van der Waals surface area (Å²) in [7, 11) is 3.36. The number of ether oxygens (including phenoxy) is 2. The number of hydrogen-bond acceptors (Lipinski definition) is 11. The first-order valence-corrected chi connectivity index (χ1v) is 16.4. The number of rotatable bonds is 11. The molecule has 3 aliphatic heterocycles. The number of hydrogen-bond donors (Lipinski definition) is 3. The molecule has 15 nitrogen and oxygen atoms in total. The lowest BCUT2D eigenvalue weighted by Crippen LogP contribution is -2.62. The summed E-state index contributed by atoms with van der Waals surface area (Å²) in [6, 6.07) is 3.04. The van der Waals surface area contributed by atoms with E-state index in [4.69, 9.17) is 9.47 Å². The summed E-state index contributed by atoms with van der Waals surface area (Å²) < 4.78 is 11.3. The Morgan fingerprint density at radius 1 is 1.06 bits per heavy atom. The first-order valence-electron chi connectivity index (χ1n) is 15.6. The van der Waals surface area contributed by atoms with Crippen molar-refractivity contribution in [1.29, 1.82) is 0 Å². The van der Waals surface area contributed by atoms with Gasteiger partial charge in [-0.1, -0.05) is 15.9 Å². The Labute approximate surface area is 281 Å². The molecule has 3 aliphatic rings. The molecular formula is C31H41BrN8O7. The van der Waals surface area contributed by atoms with E-state index in [0.29, 0.717) is 48.5 Å². The fourth-order valence-corrected chi connectivity index (χ4v) is 6.86. The van der Waals surface area contributed by atoms with E-state index in [1.54, 1.807) is 37.4 Å². The van der Waals surface area contributed by atoms with Crippen LogP contribution in [0.25, 0.3) is 0 Å². The summed E-state index contributed by atoms with van der Waals surface area (Å²) in [6.07, 6.45) is 2.80. The van der Waals surface area contributed by atoms with E-state index in [1.165, 1.54) is 17.2 Å². The number of likely N-dealkylation sites (tertiary alicyclic amines) is 2. The number of nitro benzene ring substituents is 1. The largest absolute Gasteiger partial charge is 0.387 e. The first-order chi connectivity index (χ1) is 22.5. The van der Waals surface area contributed by atoms with Crippen LogP contribution in [0.4, 0.5) is 17.1 Å². The number of carbonyl (C=O) groups is 3. The molecule has 1 aromatic heterocycles. The van der Waals surface area contributed by atoms with Crippen molar-refractivity contribution in [2.75, 3.05) is 70.7 Å². The average Bonchev–Trinajstić information content (AvgIpc) is 3.45. The molecule has 0 spiro atoms. The summed E-state index contributed by atoms with van der Waals surface area (Å²) in [5.41, 5.74) is 0.802. The van der Waals surface area contributed by atoms with Gasteiger partial charge in [0, 0.05) is 82.4 Å². The van der Waals surface area contributed by atoms with Crippen molar-refractivity contribution in [3.63, 3.8) is 0 Å². The number of anilines is 2. The molecule has 3 amide bonds. The minimum Gasteiger partial charge on any atom is -0.387 e. The van der Waals surface area contributed by atoms with Crippen molar-refractivity contribution in [3.05, 3.63) is 56.3 Å². The second-order valence-electron chi connectivity index (χ2n) is 12.3. The number of morpholine rings is 1. The molecular weight excluding hydrogens is 676 g/mol. The highest BCUT2D eigenvalue weighted by Gasteiger charge is 2.43. The molecule has 3 N–H and O–H groups in total. The number of amides is 3. The van der Waals surface area contributed by atoms with Gasteiger partial charge in [-0.25, -0.2) is 0 Å². The Bertz CT molecular complexity index is 1500. The van der Waals surface area contributed by atoms with E-state index in [1.807, 2.05) is 13.8 Å². The monoisotopic (exact) mass is 716 g/mol. The standard InChI is InChI=1S/C31H41BrN8O7/c1-18-13-38(14-19(2)47-18)31(43)25-8-21(32)9-26(40(44)45)28(25)35-23-10-27(29(41)36-24-15-37(16-24)5-6-46-4)39(17-23)30(42)20-7-22(33-3)12-34-11-20/h7-9,11-12,18-19,23-24,27,33,35H,5-6,10,13-17H2,1-4H3,(H,36,41)/t18-,19+,23-,27+/m1/s1. The number of carbonyl (C=O) groups excluding carboxylic acids is 3. The van der Waals surface area contributed by atoms with Crippen LogP contribution in [0.3, 0.4) is 0 Å². The van der Waals surface area contributed by atoms with Crippen molar-refractivity contribution in [2.24, 2.45) is 0 Å². The van der Waals surface area contributed by atoms with E-state index >= 15 is 0 Å². The molecule has 2 aromatic rings. The van der Waals surface area contributed by atoms with Crippen LogP contribution in [0.5, 0.6) is 0 Å². The Morgan fingerprint density at radius 3 is 2.45 bits per heavy atom. The third-order valence-electron chi connectivity index (χ3n) is 8.62. The summed E-state index contributed by atoms with van der Waals surface area (Å²) in [5.74, 6) is -1.08. The third-order valence-corrected chi connectivity index (χ3v) is 9.08. The van der Waals surface area contributed by atoms with Crippen molar-refractivity contribution in [3.8, 4) is 0 Å². The molecule has 4 heterocycles. The predicted molar refractivity (Wildman–Crippen MR) is 178 cm³/mol. The number of benzene rings is 1. The molecule has 3 fully saturated rings. The van der Waals surface area contributed by atoms with E-state index < -0.39 is 22.9 Å². The van der Waals surface area contributed by atoms with E-state index in [9.17, 15) is 24.5 Å². The van der Waals surface area contributed by atoms with Gasteiger partial charge in [-0.3, -0.25) is 34.4 Å². The smallest absolute Gasteiger partial charge is 0.294 e. The zero-order valence-electron chi connectivity index (χ0n) is 26.9. The van der Waals surface area contributed by atoms with Crippen LogP contribution < -0.4 is 16.0 Å². The quantitative estimate of drug-likeness (QED) is 0.230. The highest BCUT2D eigenvalue weighted by atomic mass is 79.9. The zero-order valence-corrected chi connectivity index (χ0v) is 28.5. The fourth-order valence-electron chi connectivity index (χ4n) is 6.41. The van der Waals surface area contributed by atoms with Crippen LogP contribution in [-0.4, -0.2) is 133 Å². The summed E-state index contributed by atoms with van der Waals surface area (Å²) in [4.78, 5) is 62.6. The molecule has 0 saturated carbocycles. The van der Waals surface area contributed by atoms with Gasteiger partial charge in [0.05, 0.1) is 46.6 Å². The predicted octanol–water partition coefficient (Wildman–Crippen LogP) is 2.19. The maximum Gasteiger partial charge on any atom is 0.294 e. The van der Waals surface area contributed by atoms with Crippen LogP contribution in [0.2, 0.25) is 0 Å². The topological polar surface area (TPSA) is 172 Å². The maximum atomic E-state index is 13.9. The number of nitro groups is 1. The molecule has 0 aliphatic carbocycles. The van der Waals surface area contributed by atoms with Crippen LogP contribution >= 0.6 is 15.9 Å². The Hall–Kier alpha value is -3.86. The molecule has 47 heavy (non-hydrogen) atoms. The SMILES string of the molecule is CNc1cncc(C(=O)N2C[C@H](Nc3c(C(=O)N4C[C@@H](C)O[C@@H](C)C4)cc(Br)cc3[N+](=O)[O-])C[C@H]2C(=O)NC2CN(CCOC)C2)c1. The van der Waals surface area contributed by atoms with E-state index in [2.05, 4.69) is 41.8 Å². The normalized spacial score (nSPS) is 23.3. The van der Waals surface area contributed by atoms with Crippen molar-refractivity contribution in [1.82, 2.24) is 25.0 Å². The molecule has 1 aromatic carbocycles. The van der Waals surface area contributed by atoms with Gasteiger partial charge in [0.2, 0.25) is 5.91 Å². The molecule has 0 radical (unpaired) electrons. The molecule has 254 valence electrons. The van der Waals surface area contributed by atoms with E-state index in [0.717, 1.165) is 6.54 Å². The van der Waals surface area contributed by atoms with Gasteiger partial charge in [0.25, 0.3) is 17.5 Å². The van der Waals surface area contributed by atoms with Gasteiger partial charge < -0.3 is 35.2 Å². The Kier molecular flexibility index (Phi) is 10.9. The zero-order chi connectivity index (χ0) is 33.8. The van der Waals surface area contributed by atoms with Gasteiger partial charge in [-0.15, -0.1) is 0 Å². The lowest BCUT2D eigenvalue weighted by atomic mass is 10.1. The highest BCUT2D eigenvalue weighted by Crippen LogP contribution is 2.36. The molecule has 0 bridgehead atoms. The van der Waals surface area contributed by atoms with Gasteiger partial charge in [-0.05, 0) is 32.4 Å². The minimum absolute atomic E-state index is 0.0417. The number of nitrogens with zero attached hydrogens (tertiary/aromatic N) is 5. The second-order valence-corrected chi connectivity index (χ2v) is 13.2. The lowest BCUT2D eigenvalue weighted by molar-refractivity contribution is -0.384. The summed E-state index contributed by atoms with van der Waals surface area (Å²) in [5, 5.41) is 21.5. The van der Waals surface area contributed by atoms with Crippen molar-refractivity contribution in [2.45, 2.75) is 50.6 Å². The Morgan fingerprint density at radius 2 is 1.79 bits per heavy atom. The van der Waals surface area contributed by atoms with Crippen molar-refractivity contribution < 1.29 is 28.8 Å². The maximum absolute atomic E-state index is 13.9. The molecule has 4 atom stereocenters. The number of methoxy groups -OCH3 is 1. The van der Waals surface area contributed by atoms with Gasteiger partial charge >= 0.3 is 0 Å². The Balaban J connectivity index is 1.42. The minimum atomic E-state index is -0.860. The molecule has 16 heteroatoms. The van der Waals surface area contributed by atoms with Crippen LogP contribution in [0.15, 0.2) is 35.1 Å².